The molecule has 3 aromatic heterocycles. The van der Waals surface area contributed by atoms with E-state index in [0.717, 1.165) is 16.6 Å². The van der Waals surface area contributed by atoms with Gasteiger partial charge in [0.05, 0.1) is 17.8 Å². The maximum absolute atomic E-state index is 12.4. The van der Waals surface area contributed by atoms with Crippen LogP contribution in [0.4, 0.5) is 0 Å². The molecule has 118 valence electrons. The number of pyridine rings is 2. The SMILES string of the molecule is CC(C)n1ncc2cc(C(=O)N[C@H](C)c3cccnc3)cnc21. The maximum Gasteiger partial charge on any atom is 0.253 e. The van der Waals surface area contributed by atoms with Crippen molar-refractivity contribution in [3.63, 3.8) is 0 Å². The first-order chi connectivity index (χ1) is 11.1. The molecule has 0 aliphatic heterocycles. The molecule has 1 atom stereocenters. The lowest BCUT2D eigenvalue weighted by Crippen LogP contribution is -2.26. The van der Waals surface area contributed by atoms with Crippen LogP contribution < -0.4 is 5.32 Å². The van der Waals surface area contributed by atoms with Gasteiger partial charge in [-0.15, -0.1) is 0 Å². The number of rotatable bonds is 4. The van der Waals surface area contributed by atoms with Gasteiger partial charge in [0, 0.05) is 30.0 Å². The van der Waals surface area contributed by atoms with Crippen LogP contribution in [0.25, 0.3) is 11.0 Å². The predicted molar refractivity (Wildman–Crippen MR) is 88.0 cm³/mol. The van der Waals surface area contributed by atoms with Crippen molar-refractivity contribution < 1.29 is 4.79 Å². The van der Waals surface area contributed by atoms with Crippen molar-refractivity contribution in [3.8, 4) is 0 Å². The van der Waals surface area contributed by atoms with E-state index in [1.807, 2.05) is 43.7 Å². The number of hydrogen-bond acceptors (Lipinski definition) is 4. The zero-order chi connectivity index (χ0) is 16.4. The van der Waals surface area contributed by atoms with Gasteiger partial charge in [-0.05, 0) is 38.5 Å². The van der Waals surface area contributed by atoms with Gasteiger partial charge in [-0.1, -0.05) is 6.07 Å². The second-order valence-corrected chi connectivity index (χ2v) is 5.80. The van der Waals surface area contributed by atoms with E-state index < -0.39 is 0 Å². The molecule has 0 radical (unpaired) electrons. The Morgan fingerprint density at radius 3 is 2.74 bits per heavy atom. The molecule has 0 unspecified atom stereocenters. The van der Waals surface area contributed by atoms with Crippen LogP contribution in [0.2, 0.25) is 0 Å². The fraction of sp³-hybridized carbons (Fsp3) is 0.294. The molecule has 6 heteroatoms. The summed E-state index contributed by atoms with van der Waals surface area (Å²) < 4.78 is 1.84. The fourth-order valence-corrected chi connectivity index (χ4v) is 2.44. The van der Waals surface area contributed by atoms with Crippen molar-refractivity contribution in [2.24, 2.45) is 0 Å². The zero-order valence-corrected chi connectivity index (χ0v) is 13.4. The van der Waals surface area contributed by atoms with Crippen LogP contribution in [0.1, 0.15) is 48.8 Å². The van der Waals surface area contributed by atoms with E-state index >= 15 is 0 Å². The van der Waals surface area contributed by atoms with E-state index in [-0.39, 0.29) is 18.0 Å². The third-order valence-electron chi connectivity index (χ3n) is 3.72. The quantitative estimate of drug-likeness (QED) is 0.804. The molecule has 1 amide bonds. The van der Waals surface area contributed by atoms with Gasteiger partial charge in [0.1, 0.15) is 0 Å². The molecule has 0 aliphatic carbocycles. The van der Waals surface area contributed by atoms with Crippen LogP contribution in [-0.2, 0) is 0 Å². The number of aromatic nitrogens is 4. The summed E-state index contributed by atoms with van der Waals surface area (Å²) in [6.07, 6.45) is 6.79. The number of hydrogen-bond donors (Lipinski definition) is 1. The van der Waals surface area contributed by atoms with Gasteiger partial charge in [0.15, 0.2) is 5.65 Å². The number of carbonyl (C=O) groups is 1. The number of nitrogens with one attached hydrogen (secondary N) is 1. The maximum atomic E-state index is 12.4. The highest BCUT2D eigenvalue weighted by atomic mass is 16.1. The summed E-state index contributed by atoms with van der Waals surface area (Å²) in [6.45, 7) is 6.02. The standard InChI is InChI=1S/C17H19N5O/c1-11(2)22-16-14(10-20-22)7-15(9-19-16)17(23)21-12(3)13-5-4-6-18-8-13/h4-12H,1-3H3,(H,21,23)/t12-/m1/s1. The number of amides is 1. The minimum absolute atomic E-state index is 0.120. The Kier molecular flexibility index (Phi) is 4.06. The number of fused-ring (bicyclic) bond motifs is 1. The van der Waals surface area contributed by atoms with Crippen LogP contribution in [0.5, 0.6) is 0 Å². The second-order valence-electron chi connectivity index (χ2n) is 5.80. The molecule has 1 N–H and O–H groups in total. The smallest absolute Gasteiger partial charge is 0.253 e. The number of carbonyl (C=O) groups excluding carboxylic acids is 1. The van der Waals surface area contributed by atoms with Crippen molar-refractivity contribution in [3.05, 3.63) is 54.1 Å². The Balaban J connectivity index is 1.81. The monoisotopic (exact) mass is 309 g/mol. The normalized spacial score (nSPS) is 12.5. The molecule has 3 rings (SSSR count). The second kappa shape index (κ2) is 6.16. The van der Waals surface area contributed by atoms with E-state index in [1.165, 1.54) is 0 Å². The molecule has 0 aromatic carbocycles. The number of nitrogens with zero attached hydrogens (tertiary/aromatic N) is 4. The van der Waals surface area contributed by atoms with Crippen molar-refractivity contribution in [2.75, 3.05) is 0 Å². The Bertz CT molecular complexity index is 825. The summed E-state index contributed by atoms with van der Waals surface area (Å²) >= 11 is 0. The average Bonchev–Trinajstić information content (AvgIpc) is 2.98. The fourth-order valence-electron chi connectivity index (χ4n) is 2.44. The molecule has 0 saturated carbocycles. The Morgan fingerprint density at radius 1 is 1.22 bits per heavy atom. The van der Waals surface area contributed by atoms with Gasteiger partial charge >= 0.3 is 0 Å². The van der Waals surface area contributed by atoms with Gasteiger partial charge < -0.3 is 5.32 Å². The van der Waals surface area contributed by atoms with Gasteiger partial charge in [-0.25, -0.2) is 9.67 Å². The van der Waals surface area contributed by atoms with E-state index in [4.69, 9.17) is 0 Å². The molecule has 0 fully saturated rings. The lowest BCUT2D eigenvalue weighted by Gasteiger charge is -2.13. The molecule has 0 saturated heterocycles. The summed E-state index contributed by atoms with van der Waals surface area (Å²) in [5, 5.41) is 8.14. The van der Waals surface area contributed by atoms with Crippen LogP contribution >= 0.6 is 0 Å². The zero-order valence-electron chi connectivity index (χ0n) is 13.4. The summed E-state index contributed by atoms with van der Waals surface area (Å²) in [5.41, 5.74) is 2.27. The van der Waals surface area contributed by atoms with Crippen molar-refractivity contribution in [2.45, 2.75) is 32.9 Å². The lowest BCUT2D eigenvalue weighted by molar-refractivity contribution is 0.0939. The average molecular weight is 309 g/mol. The predicted octanol–water partition coefficient (Wildman–Crippen LogP) is 2.90. The molecular weight excluding hydrogens is 290 g/mol. The summed E-state index contributed by atoms with van der Waals surface area (Å²) in [5.74, 6) is -0.159. The molecule has 3 heterocycles. The van der Waals surface area contributed by atoms with Crippen molar-refractivity contribution in [1.29, 1.82) is 0 Å². The highest BCUT2D eigenvalue weighted by molar-refractivity contribution is 5.97. The first-order valence-electron chi connectivity index (χ1n) is 7.60. The van der Waals surface area contributed by atoms with E-state index in [9.17, 15) is 4.79 Å². The summed E-state index contributed by atoms with van der Waals surface area (Å²) in [4.78, 5) is 20.9. The molecule has 0 aliphatic rings. The summed E-state index contributed by atoms with van der Waals surface area (Å²) in [7, 11) is 0. The van der Waals surface area contributed by atoms with Crippen LogP contribution in [0.15, 0.2) is 43.0 Å². The third kappa shape index (κ3) is 3.06. The van der Waals surface area contributed by atoms with Crippen LogP contribution in [0, 0.1) is 0 Å². The Labute approximate surface area is 134 Å². The van der Waals surface area contributed by atoms with E-state index in [2.05, 4.69) is 20.4 Å². The molecule has 0 spiro atoms. The summed E-state index contributed by atoms with van der Waals surface area (Å²) in [6, 6.07) is 5.72. The van der Waals surface area contributed by atoms with Crippen molar-refractivity contribution >= 4 is 16.9 Å². The van der Waals surface area contributed by atoms with E-state index in [1.54, 1.807) is 24.8 Å². The van der Waals surface area contributed by atoms with Crippen LogP contribution in [0.3, 0.4) is 0 Å². The highest BCUT2D eigenvalue weighted by Crippen LogP contribution is 2.17. The van der Waals surface area contributed by atoms with Gasteiger partial charge in [-0.3, -0.25) is 9.78 Å². The first kappa shape index (κ1) is 15.1. The molecule has 23 heavy (non-hydrogen) atoms. The topological polar surface area (TPSA) is 72.7 Å². The first-order valence-corrected chi connectivity index (χ1v) is 7.60. The minimum atomic E-state index is -0.159. The highest BCUT2D eigenvalue weighted by Gasteiger charge is 2.14. The molecule has 6 nitrogen and oxygen atoms in total. The molecule has 3 aromatic rings. The molecule has 0 bridgehead atoms. The van der Waals surface area contributed by atoms with Gasteiger partial charge in [-0.2, -0.15) is 5.10 Å². The third-order valence-corrected chi connectivity index (χ3v) is 3.72. The van der Waals surface area contributed by atoms with Gasteiger partial charge in [0.2, 0.25) is 0 Å². The largest absolute Gasteiger partial charge is 0.345 e. The van der Waals surface area contributed by atoms with E-state index in [0.29, 0.717) is 5.56 Å². The minimum Gasteiger partial charge on any atom is -0.345 e. The lowest BCUT2D eigenvalue weighted by atomic mass is 10.1. The Morgan fingerprint density at radius 2 is 2.04 bits per heavy atom. The molecular formula is C17H19N5O. The Hall–Kier alpha value is -2.76. The van der Waals surface area contributed by atoms with Gasteiger partial charge in [0.25, 0.3) is 5.91 Å². The van der Waals surface area contributed by atoms with Crippen molar-refractivity contribution in [1.82, 2.24) is 25.1 Å². The van der Waals surface area contributed by atoms with Crippen LogP contribution in [-0.4, -0.2) is 25.7 Å².